The quantitative estimate of drug-likeness (QED) is 0.667. The van der Waals surface area contributed by atoms with Crippen LogP contribution >= 0.6 is 34.1 Å². The van der Waals surface area contributed by atoms with Gasteiger partial charge in [0.1, 0.15) is 0 Å². The Balaban J connectivity index is 2.99. The number of hydrogen-bond donors (Lipinski definition) is 1. The van der Waals surface area contributed by atoms with Crippen molar-refractivity contribution in [3.8, 4) is 0 Å². The van der Waals surface area contributed by atoms with Gasteiger partial charge in [-0.25, -0.2) is 0 Å². The molecular formula is C10H10ClO2S2-. The van der Waals surface area contributed by atoms with E-state index in [0.29, 0.717) is 6.42 Å². The highest BCUT2D eigenvalue weighted by atomic mass is 35.5. The molecule has 1 unspecified atom stereocenters. The van der Waals surface area contributed by atoms with Crippen LogP contribution in [0.1, 0.15) is 22.8 Å². The Morgan fingerprint density at radius 1 is 1.67 bits per heavy atom. The largest absolute Gasteiger partial charge is 0.545 e. The van der Waals surface area contributed by atoms with Crippen molar-refractivity contribution in [1.29, 1.82) is 0 Å². The molecule has 5 heteroatoms. The average Bonchev–Trinajstić information content (AvgIpc) is 2.20. The zero-order chi connectivity index (χ0) is 11.4. The molecule has 0 aliphatic rings. The normalized spacial score (nSPS) is 12.5. The van der Waals surface area contributed by atoms with Crippen molar-refractivity contribution in [2.24, 2.45) is 0 Å². The van der Waals surface area contributed by atoms with E-state index in [1.165, 1.54) is 16.9 Å². The SMILES string of the molecule is CC(Cc1cccc(C(=O)[O-])c1Cl)SS. The Morgan fingerprint density at radius 2 is 2.33 bits per heavy atom. The molecule has 0 spiro atoms. The molecular weight excluding hydrogens is 252 g/mol. The lowest BCUT2D eigenvalue weighted by Gasteiger charge is -2.12. The van der Waals surface area contributed by atoms with E-state index in [4.69, 9.17) is 11.6 Å². The number of halogens is 1. The van der Waals surface area contributed by atoms with Crippen molar-refractivity contribution in [2.45, 2.75) is 18.6 Å². The van der Waals surface area contributed by atoms with Gasteiger partial charge >= 0.3 is 0 Å². The fourth-order valence-electron chi connectivity index (χ4n) is 1.24. The average molecular weight is 262 g/mol. The first-order chi connectivity index (χ1) is 7.06. The van der Waals surface area contributed by atoms with Crippen molar-refractivity contribution in [2.75, 3.05) is 0 Å². The van der Waals surface area contributed by atoms with Gasteiger partial charge in [-0.15, -0.1) is 11.7 Å². The van der Waals surface area contributed by atoms with Gasteiger partial charge in [-0.3, -0.25) is 0 Å². The van der Waals surface area contributed by atoms with Gasteiger partial charge in [0.2, 0.25) is 0 Å². The second-order valence-electron chi connectivity index (χ2n) is 3.19. The van der Waals surface area contributed by atoms with Gasteiger partial charge in [-0.1, -0.05) is 47.5 Å². The molecule has 0 fully saturated rings. The minimum Gasteiger partial charge on any atom is -0.545 e. The Kier molecular flexibility index (Phi) is 4.83. The number of carbonyl (C=O) groups is 1. The van der Waals surface area contributed by atoms with Gasteiger partial charge in [0.15, 0.2) is 0 Å². The summed E-state index contributed by atoms with van der Waals surface area (Å²) in [6.07, 6.45) is 0.689. The van der Waals surface area contributed by atoms with E-state index in [1.54, 1.807) is 6.07 Å². The molecule has 0 aliphatic heterocycles. The lowest BCUT2D eigenvalue weighted by atomic mass is 10.1. The molecule has 0 bridgehead atoms. The summed E-state index contributed by atoms with van der Waals surface area (Å²) in [6.45, 7) is 2.00. The minimum atomic E-state index is -1.24. The minimum absolute atomic E-state index is 0.0468. The molecule has 0 saturated carbocycles. The first-order valence-corrected chi connectivity index (χ1v) is 6.66. The zero-order valence-electron chi connectivity index (χ0n) is 8.07. The summed E-state index contributed by atoms with van der Waals surface area (Å²) in [7, 11) is 1.42. The fourth-order valence-corrected chi connectivity index (χ4v) is 2.00. The van der Waals surface area contributed by atoms with Crippen LogP contribution in [0.2, 0.25) is 5.02 Å². The van der Waals surface area contributed by atoms with Crippen molar-refractivity contribution in [3.05, 3.63) is 34.3 Å². The third-order valence-electron chi connectivity index (χ3n) is 1.99. The Hall–Kier alpha value is -0.320. The van der Waals surface area contributed by atoms with Crippen molar-refractivity contribution in [3.63, 3.8) is 0 Å². The van der Waals surface area contributed by atoms with E-state index < -0.39 is 5.97 Å². The predicted molar refractivity (Wildman–Crippen MR) is 65.5 cm³/mol. The molecule has 1 aromatic carbocycles. The van der Waals surface area contributed by atoms with Crippen LogP contribution in [0.15, 0.2) is 18.2 Å². The number of aromatic carboxylic acids is 1. The maximum atomic E-state index is 10.7. The first kappa shape index (κ1) is 12.7. The highest BCUT2D eigenvalue weighted by Gasteiger charge is 2.09. The molecule has 1 aromatic rings. The molecule has 0 heterocycles. The van der Waals surface area contributed by atoms with Gasteiger partial charge in [-0.2, -0.15) is 0 Å². The summed E-state index contributed by atoms with van der Waals surface area (Å²) < 4.78 is 0. The molecule has 0 N–H and O–H groups in total. The van der Waals surface area contributed by atoms with Crippen LogP contribution in [0.25, 0.3) is 0 Å². The number of hydrogen-bond acceptors (Lipinski definition) is 4. The second kappa shape index (κ2) is 5.68. The van der Waals surface area contributed by atoms with Crippen molar-refractivity contribution in [1.82, 2.24) is 0 Å². The third kappa shape index (κ3) is 3.33. The predicted octanol–water partition coefficient (Wildman–Crippen LogP) is 2.21. The Bertz CT molecular complexity index is 368. The molecule has 1 atom stereocenters. The molecule has 0 aromatic heterocycles. The maximum absolute atomic E-state index is 10.7. The van der Waals surface area contributed by atoms with Crippen LogP contribution in [0.5, 0.6) is 0 Å². The van der Waals surface area contributed by atoms with E-state index in [9.17, 15) is 9.90 Å². The highest BCUT2D eigenvalue weighted by Crippen LogP contribution is 2.26. The zero-order valence-corrected chi connectivity index (χ0v) is 10.5. The van der Waals surface area contributed by atoms with Crippen LogP contribution in [0.4, 0.5) is 0 Å². The summed E-state index contributed by atoms with van der Waals surface area (Å²) >= 11 is 10.0. The van der Waals surface area contributed by atoms with Crippen molar-refractivity contribution < 1.29 is 9.90 Å². The second-order valence-corrected chi connectivity index (χ2v) is 5.21. The van der Waals surface area contributed by atoms with E-state index in [-0.39, 0.29) is 15.8 Å². The monoisotopic (exact) mass is 261 g/mol. The van der Waals surface area contributed by atoms with Crippen LogP contribution in [-0.4, -0.2) is 11.2 Å². The number of rotatable bonds is 4. The van der Waals surface area contributed by atoms with Crippen LogP contribution in [-0.2, 0) is 6.42 Å². The number of carboxylic acid groups (broad SMARTS) is 1. The summed E-state index contributed by atoms with van der Waals surface area (Å²) in [5.41, 5.74) is 0.859. The topological polar surface area (TPSA) is 40.1 Å². The smallest absolute Gasteiger partial charge is 0.0730 e. The molecule has 1 rings (SSSR count). The number of benzene rings is 1. The maximum Gasteiger partial charge on any atom is 0.0730 e. The van der Waals surface area contributed by atoms with E-state index in [1.807, 2.05) is 13.0 Å². The third-order valence-corrected chi connectivity index (χ3v) is 4.04. The summed E-state index contributed by atoms with van der Waals surface area (Å²) in [5, 5.41) is 11.3. The molecule has 2 nitrogen and oxygen atoms in total. The van der Waals surface area contributed by atoms with Gasteiger partial charge in [0.05, 0.1) is 11.0 Å². The summed E-state index contributed by atoms with van der Waals surface area (Å²) in [6, 6.07) is 4.93. The Labute approximate surface area is 103 Å². The molecule has 0 aliphatic carbocycles. The standard InChI is InChI=1S/C10H11ClO2S2/c1-6(15-14)5-7-3-2-4-8(9(7)11)10(12)13/h2-4,6,14H,5H2,1H3,(H,12,13)/p-1. The molecule has 0 amide bonds. The lowest BCUT2D eigenvalue weighted by molar-refractivity contribution is -0.255. The van der Waals surface area contributed by atoms with E-state index in [0.717, 1.165) is 5.56 Å². The molecule has 82 valence electrons. The van der Waals surface area contributed by atoms with Gasteiger partial charge in [-0.05, 0) is 12.0 Å². The number of carbonyl (C=O) groups excluding carboxylic acids is 1. The summed E-state index contributed by atoms with van der Waals surface area (Å²) in [5.74, 6) is -1.24. The van der Waals surface area contributed by atoms with Crippen LogP contribution < -0.4 is 5.11 Å². The van der Waals surface area contributed by atoms with Crippen LogP contribution in [0, 0.1) is 0 Å². The van der Waals surface area contributed by atoms with Gasteiger partial charge in [0.25, 0.3) is 0 Å². The van der Waals surface area contributed by atoms with Crippen molar-refractivity contribution >= 4 is 40.0 Å². The molecule has 0 radical (unpaired) electrons. The summed E-state index contributed by atoms with van der Waals surface area (Å²) in [4.78, 5) is 10.7. The van der Waals surface area contributed by atoms with Gasteiger partial charge in [0, 0.05) is 10.8 Å². The first-order valence-electron chi connectivity index (χ1n) is 4.35. The van der Waals surface area contributed by atoms with Crippen LogP contribution in [0.3, 0.4) is 0 Å². The lowest BCUT2D eigenvalue weighted by Crippen LogP contribution is -2.23. The van der Waals surface area contributed by atoms with E-state index in [2.05, 4.69) is 11.7 Å². The number of thiol groups is 1. The van der Waals surface area contributed by atoms with E-state index >= 15 is 0 Å². The Morgan fingerprint density at radius 3 is 2.87 bits per heavy atom. The molecule has 15 heavy (non-hydrogen) atoms. The number of carboxylic acids is 1. The highest BCUT2D eigenvalue weighted by molar-refractivity contribution is 8.68. The van der Waals surface area contributed by atoms with Gasteiger partial charge < -0.3 is 9.90 Å². The molecule has 0 saturated heterocycles. The fraction of sp³-hybridized carbons (Fsp3) is 0.300.